The third-order valence-electron chi connectivity index (χ3n) is 2.30. The van der Waals surface area contributed by atoms with Crippen molar-refractivity contribution in [2.75, 3.05) is 6.54 Å². The maximum atomic E-state index is 6.02. The van der Waals surface area contributed by atoms with E-state index in [1.165, 1.54) is 6.42 Å². The molecule has 1 atom stereocenters. The zero-order valence-corrected chi connectivity index (χ0v) is 9.79. The minimum absolute atomic E-state index is 0. The minimum atomic E-state index is 0. The van der Waals surface area contributed by atoms with Crippen molar-refractivity contribution in [3.8, 4) is 0 Å². The summed E-state index contributed by atoms with van der Waals surface area (Å²) >= 11 is 12.0. The lowest BCUT2D eigenvalue weighted by molar-refractivity contribution is 0.647. The van der Waals surface area contributed by atoms with Gasteiger partial charge in [-0.2, -0.15) is 0 Å². The van der Waals surface area contributed by atoms with Gasteiger partial charge in [-0.05, 0) is 19.4 Å². The number of halogens is 3. The van der Waals surface area contributed by atoms with Crippen molar-refractivity contribution in [3.63, 3.8) is 0 Å². The Kier molecular flexibility index (Phi) is 4.45. The van der Waals surface area contributed by atoms with Crippen molar-refractivity contribution < 1.29 is 0 Å². The molecule has 0 bridgehead atoms. The van der Waals surface area contributed by atoms with E-state index in [4.69, 9.17) is 23.2 Å². The molecular formula is C9H11Cl3N2. The van der Waals surface area contributed by atoms with E-state index in [9.17, 15) is 0 Å². The predicted molar refractivity (Wildman–Crippen MR) is 61.5 cm³/mol. The fourth-order valence-electron chi connectivity index (χ4n) is 1.69. The Morgan fingerprint density at radius 1 is 1.29 bits per heavy atom. The summed E-state index contributed by atoms with van der Waals surface area (Å²) in [6.07, 6.45) is 5.56. The number of aromatic nitrogens is 1. The van der Waals surface area contributed by atoms with Gasteiger partial charge in [0, 0.05) is 24.0 Å². The van der Waals surface area contributed by atoms with E-state index in [0.29, 0.717) is 16.1 Å². The summed E-state index contributed by atoms with van der Waals surface area (Å²) in [4.78, 5) is 3.92. The molecule has 0 radical (unpaired) electrons. The first-order valence-electron chi connectivity index (χ1n) is 4.31. The standard InChI is InChI=1S/C9H10Cl2N2.ClH/c10-6-4-12-5-7(11)9(6)8-2-1-3-13-8;/h4-5,8,13H,1-3H2;1H/t8-;/m0./s1. The average molecular weight is 254 g/mol. The molecule has 0 spiro atoms. The van der Waals surface area contributed by atoms with Gasteiger partial charge in [-0.3, -0.25) is 4.98 Å². The highest BCUT2D eigenvalue weighted by molar-refractivity contribution is 6.35. The van der Waals surface area contributed by atoms with Crippen LogP contribution in [0.15, 0.2) is 12.4 Å². The van der Waals surface area contributed by atoms with Crippen molar-refractivity contribution in [3.05, 3.63) is 28.0 Å². The molecule has 1 N–H and O–H groups in total. The van der Waals surface area contributed by atoms with Gasteiger partial charge in [0.2, 0.25) is 0 Å². The van der Waals surface area contributed by atoms with E-state index in [2.05, 4.69) is 10.3 Å². The van der Waals surface area contributed by atoms with Crippen LogP contribution in [0, 0.1) is 0 Å². The highest BCUT2D eigenvalue weighted by atomic mass is 35.5. The van der Waals surface area contributed by atoms with Crippen LogP contribution in [0.4, 0.5) is 0 Å². The average Bonchev–Trinajstić information content (AvgIpc) is 2.57. The first-order valence-corrected chi connectivity index (χ1v) is 5.07. The van der Waals surface area contributed by atoms with E-state index in [1.807, 2.05) is 0 Å². The highest BCUT2D eigenvalue weighted by Crippen LogP contribution is 2.33. The van der Waals surface area contributed by atoms with Gasteiger partial charge >= 0.3 is 0 Å². The van der Waals surface area contributed by atoms with Crippen molar-refractivity contribution in [2.24, 2.45) is 0 Å². The Morgan fingerprint density at radius 3 is 2.43 bits per heavy atom. The van der Waals surface area contributed by atoms with Gasteiger partial charge in [-0.25, -0.2) is 0 Å². The molecule has 78 valence electrons. The molecule has 2 rings (SSSR count). The number of nitrogens with zero attached hydrogens (tertiary/aromatic N) is 1. The molecular weight excluding hydrogens is 242 g/mol. The molecule has 0 amide bonds. The summed E-state index contributed by atoms with van der Waals surface area (Å²) in [5.41, 5.74) is 0.996. The molecule has 0 unspecified atom stereocenters. The number of rotatable bonds is 1. The van der Waals surface area contributed by atoms with E-state index >= 15 is 0 Å². The zero-order valence-electron chi connectivity index (χ0n) is 7.46. The molecule has 1 saturated heterocycles. The predicted octanol–water partition coefficient (Wildman–Crippen LogP) is 3.23. The van der Waals surface area contributed by atoms with Gasteiger partial charge in [-0.1, -0.05) is 23.2 Å². The fourth-order valence-corrected chi connectivity index (χ4v) is 2.31. The molecule has 14 heavy (non-hydrogen) atoms. The lowest BCUT2D eigenvalue weighted by Gasteiger charge is -2.13. The molecule has 2 heterocycles. The molecule has 1 aromatic heterocycles. The van der Waals surface area contributed by atoms with Crippen LogP contribution in [0.3, 0.4) is 0 Å². The van der Waals surface area contributed by atoms with Crippen LogP contribution in [0.1, 0.15) is 24.4 Å². The van der Waals surface area contributed by atoms with Gasteiger partial charge in [0.05, 0.1) is 10.0 Å². The normalized spacial score (nSPS) is 20.6. The van der Waals surface area contributed by atoms with Crippen LogP contribution in [-0.2, 0) is 0 Å². The van der Waals surface area contributed by atoms with E-state index in [0.717, 1.165) is 18.5 Å². The van der Waals surface area contributed by atoms with Gasteiger partial charge in [-0.15, -0.1) is 12.4 Å². The van der Waals surface area contributed by atoms with Crippen molar-refractivity contribution in [2.45, 2.75) is 18.9 Å². The van der Waals surface area contributed by atoms with E-state index in [-0.39, 0.29) is 12.4 Å². The molecule has 1 fully saturated rings. The van der Waals surface area contributed by atoms with Crippen LogP contribution >= 0.6 is 35.6 Å². The quantitative estimate of drug-likeness (QED) is 0.831. The third kappa shape index (κ3) is 2.31. The minimum Gasteiger partial charge on any atom is -0.310 e. The largest absolute Gasteiger partial charge is 0.310 e. The summed E-state index contributed by atoms with van der Waals surface area (Å²) in [5, 5.41) is 4.68. The lowest BCUT2D eigenvalue weighted by atomic mass is 10.1. The number of hydrogen-bond acceptors (Lipinski definition) is 2. The topological polar surface area (TPSA) is 24.9 Å². The Bertz CT molecular complexity index is 291. The van der Waals surface area contributed by atoms with Gasteiger partial charge in [0.1, 0.15) is 0 Å². The van der Waals surface area contributed by atoms with Gasteiger partial charge in [0.25, 0.3) is 0 Å². The van der Waals surface area contributed by atoms with Gasteiger partial charge in [0.15, 0.2) is 0 Å². The molecule has 1 aliphatic rings. The summed E-state index contributed by atoms with van der Waals surface area (Å²) in [7, 11) is 0. The second-order valence-electron chi connectivity index (χ2n) is 3.17. The Hall–Kier alpha value is -0.0200. The van der Waals surface area contributed by atoms with Crippen LogP contribution in [0.5, 0.6) is 0 Å². The first-order chi connectivity index (χ1) is 6.29. The monoisotopic (exact) mass is 252 g/mol. The van der Waals surface area contributed by atoms with Gasteiger partial charge < -0.3 is 5.32 Å². The maximum Gasteiger partial charge on any atom is 0.0652 e. The van der Waals surface area contributed by atoms with Crippen molar-refractivity contribution in [1.82, 2.24) is 10.3 Å². The molecule has 5 heteroatoms. The highest BCUT2D eigenvalue weighted by Gasteiger charge is 2.21. The second-order valence-corrected chi connectivity index (χ2v) is 3.98. The third-order valence-corrected chi connectivity index (χ3v) is 2.90. The molecule has 2 nitrogen and oxygen atoms in total. The van der Waals surface area contributed by atoms with Crippen LogP contribution in [0.2, 0.25) is 10.0 Å². The number of hydrogen-bond donors (Lipinski definition) is 1. The SMILES string of the molecule is Cl.Clc1cncc(Cl)c1[C@@H]1CCCN1. The first kappa shape index (κ1) is 12.1. The number of pyridine rings is 1. The summed E-state index contributed by atoms with van der Waals surface area (Å²) in [6.45, 7) is 1.04. The molecule has 0 aliphatic carbocycles. The fraction of sp³-hybridized carbons (Fsp3) is 0.444. The van der Waals surface area contributed by atoms with E-state index in [1.54, 1.807) is 12.4 Å². The molecule has 1 aliphatic heterocycles. The Balaban J connectivity index is 0.000000980. The Morgan fingerprint density at radius 2 is 1.93 bits per heavy atom. The summed E-state index contributed by atoms with van der Waals surface area (Å²) < 4.78 is 0. The summed E-state index contributed by atoms with van der Waals surface area (Å²) in [5.74, 6) is 0. The van der Waals surface area contributed by atoms with E-state index < -0.39 is 0 Å². The van der Waals surface area contributed by atoms with Crippen molar-refractivity contribution in [1.29, 1.82) is 0 Å². The second kappa shape index (κ2) is 5.17. The van der Waals surface area contributed by atoms with Crippen molar-refractivity contribution >= 4 is 35.6 Å². The lowest BCUT2D eigenvalue weighted by Crippen LogP contribution is -2.13. The van der Waals surface area contributed by atoms with Crippen LogP contribution in [-0.4, -0.2) is 11.5 Å². The van der Waals surface area contributed by atoms with Crippen LogP contribution < -0.4 is 5.32 Å². The Labute approximate surface area is 99.4 Å². The molecule has 0 saturated carbocycles. The number of nitrogens with one attached hydrogen (secondary N) is 1. The zero-order chi connectivity index (χ0) is 9.26. The molecule has 0 aromatic carbocycles. The maximum absolute atomic E-state index is 6.02. The van der Waals surface area contributed by atoms with Crippen LogP contribution in [0.25, 0.3) is 0 Å². The smallest absolute Gasteiger partial charge is 0.0652 e. The molecule has 1 aromatic rings. The summed E-state index contributed by atoms with van der Waals surface area (Å²) in [6, 6.07) is 0.308.